The topological polar surface area (TPSA) is 46.5 Å². The van der Waals surface area contributed by atoms with Crippen LogP contribution in [-0.4, -0.2) is 5.11 Å². The van der Waals surface area contributed by atoms with Crippen molar-refractivity contribution in [3.8, 4) is 5.75 Å². The monoisotopic (exact) mass is 170 g/mol. The van der Waals surface area contributed by atoms with Gasteiger partial charge in [0.25, 0.3) is 0 Å². The number of hydrogen-bond acceptors (Lipinski definition) is 3. The molecule has 0 spiro atoms. The Bertz CT molecular complexity index is 249. The van der Waals surface area contributed by atoms with Gasteiger partial charge in [0.05, 0.1) is 6.61 Å². The summed E-state index contributed by atoms with van der Waals surface area (Å²) in [7, 11) is -0.340. The molecule has 3 nitrogen and oxygen atoms in total. The summed E-state index contributed by atoms with van der Waals surface area (Å²) in [5.74, 6) is 0.189. The van der Waals surface area contributed by atoms with Crippen molar-refractivity contribution < 1.29 is 14.2 Å². The quantitative estimate of drug-likeness (QED) is 0.706. The highest BCUT2D eigenvalue weighted by Crippen LogP contribution is 2.13. The van der Waals surface area contributed by atoms with Gasteiger partial charge in [-0.15, -0.1) is 0 Å². The molecule has 1 aromatic carbocycles. The fourth-order valence-corrected chi connectivity index (χ4v) is 0.949. The van der Waals surface area contributed by atoms with Gasteiger partial charge in [-0.05, 0) is 17.7 Å². The standard InChI is InChI=1S/C7H7O3P/c8-7-3-1-2-6(4-7)5-10-11-9/h1-4,8H,5H2. The zero-order valence-electron chi connectivity index (χ0n) is 5.73. The van der Waals surface area contributed by atoms with E-state index in [0.717, 1.165) is 5.56 Å². The average Bonchev–Trinajstić information content (AvgIpc) is 2.01. The molecule has 0 saturated heterocycles. The van der Waals surface area contributed by atoms with Crippen molar-refractivity contribution in [1.82, 2.24) is 0 Å². The summed E-state index contributed by atoms with van der Waals surface area (Å²) in [4.78, 5) is 0. The van der Waals surface area contributed by atoms with Crippen LogP contribution in [0.5, 0.6) is 5.75 Å². The molecule has 0 unspecified atom stereocenters. The summed E-state index contributed by atoms with van der Waals surface area (Å²) < 4.78 is 14.5. The predicted molar refractivity (Wildman–Crippen MR) is 40.5 cm³/mol. The number of phenols is 1. The Morgan fingerprint density at radius 1 is 1.55 bits per heavy atom. The van der Waals surface area contributed by atoms with Crippen LogP contribution < -0.4 is 0 Å². The van der Waals surface area contributed by atoms with E-state index in [-0.39, 0.29) is 21.0 Å². The maximum atomic E-state index is 9.88. The first-order valence-corrected chi connectivity index (χ1v) is 3.78. The lowest BCUT2D eigenvalue weighted by molar-refractivity contribution is 0.331. The first kappa shape index (κ1) is 8.18. The molecule has 0 aromatic heterocycles. The molecular formula is C7H7O3P. The Kier molecular flexibility index (Phi) is 3.02. The van der Waals surface area contributed by atoms with E-state index in [0.29, 0.717) is 0 Å². The summed E-state index contributed by atoms with van der Waals surface area (Å²) in [5.41, 5.74) is 0.799. The van der Waals surface area contributed by atoms with E-state index in [2.05, 4.69) is 4.52 Å². The van der Waals surface area contributed by atoms with Crippen LogP contribution in [0.1, 0.15) is 5.56 Å². The molecule has 0 amide bonds. The maximum absolute atomic E-state index is 9.88. The molecule has 1 N–H and O–H groups in total. The van der Waals surface area contributed by atoms with Gasteiger partial charge < -0.3 is 5.11 Å². The molecule has 0 fully saturated rings. The van der Waals surface area contributed by atoms with E-state index < -0.39 is 0 Å². The summed E-state index contributed by atoms with van der Waals surface area (Å²) in [6, 6.07) is 6.62. The number of phenolic OH excluding ortho intramolecular Hbond substituents is 1. The van der Waals surface area contributed by atoms with Crippen molar-refractivity contribution in [2.24, 2.45) is 0 Å². The zero-order chi connectivity index (χ0) is 8.10. The number of rotatable bonds is 3. The summed E-state index contributed by atoms with van der Waals surface area (Å²) >= 11 is 0. The third kappa shape index (κ3) is 2.66. The summed E-state index contributed by atoms with van der Waals surface area (Å²) in [6.45, 7) is 0.249. The minimum absolute atomic E-state index is 0.189. The normalized spacial score (nSPS) is 10.2. The maximum Gasteiger partial charge on any atom is 0.327 e. The smallest absolute Gasteiger partial charge is 0.327 e. The molecule has 0 heterocycles. The van der Waals surface area contributed by atoms with Crippen LogP contribution in [0.15, 0.2) is 24.3 Å². The van der Waals surface area contributed by atoms with Gasteiger partial charge >= 0.3 is 8.69 Å². The predicted octanol–water partition coefficient (Wildman–Crippen LogP) is 2.12. The second kappa shape index (κ2) is 4.06. The number of aromatic hydroxyl groups is 1. The van der Waals surface area contributed by atoms with Crippen molar-refractivity contribution in [2.45, 2.75) is 6.61 Å². The lowest BCUT2D eigenvalue weighted by Crippen LogP contribution is -1.81. The first-order valence-electron chi connectivity index (χ1n) is 3.05. The van der Waals surface area contributed by atoms with Gasteiger partial charge in [-0.2, -0.15) is 0 Å². The fourth-order valence-electron chi connectivity index (χ4n) is 0.747. The molecule has 0 aliphatic heterocycles. The second-order valence-electron chi connectivity index (χ2n) is 2.02. The van der Waals surface area contributed by atoms with Crippen LogP contribution in [0, 0.1) is 0 Å². The van der Waals surface area contributed by atoms with Crippen LogP contribution in [0.2, 0.25) is 0 Å². The van der Waals surface area contributed by atoms with Gasteiger partial charge in [-0.25, -0.2) is 4.57 Å². The van der Waals surface area contributed by atoms with Crippen LogP contribution >= 0.6 is 8.69 Å². The third-order valence-electron chi connectivity index (χ3n) is 1.19. The lowest BCUT2D eigenvalue weighted by Gasteiger charge is -1.96. The van der Waals surface area contributed by atoms with E-state index in [4.69, 9.17) is 5.11 Å². The van der Waals surface area contributed by atoms with Gasteiger partial charge in [0.15, 0.2) is 0 Å². The van der Waals surface area contributed by atoms with Crippen molar-refractivity contribution in [3.63, 3.8) is 0 Å². The Balaban J connectivity index is 2.63. The van der Waals surface area contributed by atoms with E-state index in [1.54, 1.807) is 24.3 Å². The largest absolute Gasteiger partial charge is 0.508 e. The van der Waals surface area contributed by atoms with Crippen molar-refractivity contribution in [2.75, 3.05) is 0 Å². The molecule has 1 aromatic rings. The van der Waals surface area contributed by atoms with E-state index in [1.165, 1.54) is 0 Å². The van der Waals surface area contributed by atoms with Crippen LogP contribution in [0.3, 0.4) is 0 Å². The Morgan fingerprint density at radius 2 is 2.36 bits per heavy atom. The highest BCUT2D eigenvalue weighted by atomic mass is 31.1. The van der Waals surface area contributed by atoms with E-state index >= 15 is 0 Å². The fraction of sp³-hybridized carbons (Fsp3) is 0.143. The van der Waals surface area contributed by atoms with Crippen LogP contribution in [0.25, 0.3) is 0 Å². The minimum Gasteiger partial charge on any atom is -0.508 e. The molecule has 0 bridgehead atoms. The van der Waals surface area contributed by atoms with Gasteiger partial charge in [0.1, 0.15) is 5.75 Å². The van der Waals surface area contributed by atoms with E-state index in [1.807, 2.05) is 0 Å². The zero-order valence-corrected chi connectivity index (χ0v) is 6.62. The van der Waals surface area contributed by atoms with Crippen LogP contribution in [0.4, 0.5) is 0 Å². The SMILES string of the molecule is O=POCc1cccc(O)c1. The molecule has 4 heteroatoms. The highest BCUT2D eigenvalue weighted by Gasteiger charge is 1.93. The van der Waals surface area contributed by atoms with E-state index in [9.17, 15) is 4.57 Å². The average molecular weight is 170 g/mol. The Hall–Kier alpha value is -0.920. The second-order valence-corrected chi connectivity index (χ2v) is 2.43. The van der Waals surface area contributed by atoms with Crippen molar-refractivity contribution in [3.05, 3.63) is 29.8 Å². The minimum atomic E-state index is -0.340. The first-order chi connectivity index (χ1) is 5.33. The highest BCUT2D eigenvalue weighted by molar-refractivity contribution is 7.17. The van der Waals surface area contributed by atoms with Gasteiger partial charge in [0.2, 0.25) is 0 Å². The molecule has 0 saturated carbocycles. The molecule has 0 atom stereocenters. The summed E-state index contributed by atoms with van der Waals surface area (Å²) in [5, 5.41) is 8.98. The molecule has 1 rings (SSSR count). The Labute approximate surface area is 65.9 Å². The van der Waals surface area contributed by atoms with Gasteiger partial charge in [0, 0.05) is 0 Å². The molecule has 0 aliphatic rings. The van der Waals surface area contributed by atoms with Crippen LogP contribution in [-0.2, 0) is 15.7 Å². The molecule has 0 aliphatic carbocycles. The summed E-state index contributed by atoms with van der Waals surface area (Å²) in [6.07, 6.45) is 0. The Morgan fingerprint density at radius 3 is 3.00 bits per heavy atom. The van der Waals surface area contributed by atoms with Crippen molar-refractivity contribution >= 4 is 8.69 Å². The molecule has 58 valence electrons. The van der Waals surface area contributed by atoms with Gasteiger partial charge in [-0.1, -0.05) is 12.1 Å². The number of hydrogen-bond donors (Lipinski definition) is 1. The number of benzene rings is 1. The molecule has 11 heavy (non-hydrogen) atoms. The molecule has 0 radical (unpaired) electrons. The molecular weight excluding hydrogens is 163 g/mol. The van der Waals surface area contributed by atoms with Gasteiger partial charge in [-0.3, -0.25) is 4.52 Å². The lowest BCUT2D eigenvalue weighted by atomic mass is 10.2. The third-order valence-corrected chi connectivity index (χ3v) is 1.43. The van der Waals surface area contributed by atoms with Crippen molar-refractivity contribution in [1.29, 1.82) is 0 Å².